The second-order valence-electron chi connectivity index (χ2n) is 3.39. The molecule has 2 aromatic rings. The van der Waals surface area contributed by atoms with Crippen LogP contribution >= 0.6 is 11.3 Å². The highest BCUT2D eigenvalue weighted by atomic mass is 32.1. The molecule has 0 unspecified atom stereocenters. The van der Waals surface area contributed by atoms with Gasteiger partial charge in [-0.2, -0.15) is 13.2 Å². The van der Waals surface area contributed by atoms with E-state index in [2.05, 4.69) is 15.3 Å². The molecule has 0 radical (unpaired) electrons. The van der Waals surface area contributed by atoms with Gasteiger partial charge in [0.2, 0.25) is 0 Å². The van der Waals surface area contributed by atoms with E-state index in [4.69, 9.17) is 5.11 Å². The first kappa shape index (κ1) is 13.3. The summed E-state index contributed by atoms with van der Waals surface area (Å²) in [5, 5.41) is 11.7. The van der Waals surface area contributed by atoms with Crippen molar-refractivity contribution in [3.63, 3.8) is 0 Å². The third-order valence-corrected chi connectivity index (χ3v) is 2.82. The number of nitrogens with one attached hydrogen (secondary N) is 1. The second-order valence-corrected chi connectivity index (χ2v) is 4.24. The Hall–Kier alpha value is -2.16. The van der Waals surface area contributed by atoms with E-state index in [0.29, 0.717) is 0 Å². The number of halogens is 3. The average Bonchev–Trinajstić information content (AvgIpc) is 2.77. The molecule has 0 bridgehead atoms. The van der Waals surface area contributed by atoms with Crippen molar-refractivity contribution in [3.8, 4) is 0 Å². The maximum atomic E-state index is 12.3. The first-order valence-electron chi connectivity index (χ1n) is 4.85. The first-order chi connectivity index (χ1) is 8.88. The molecule has 19 heavy (non-hydrogen) atoms. The number of hydrogen-bond acceptors (Lipinski definition) is 5. The van der Waals surface area contributed by atoms with Gasteiger partial charge in [-0.25, -0.2) is 14.8 Å². The molecule has 0 fully saturated rings. The lowest BCUT2D eigenvalue weighted by atomic mass is 10.3. The molecule has 2 N–H and O–H groups in total. The summed E-state index contributed by atoms with van der Waals surface area (Å²) in [4.78, 5) is 17.7. The molecule has 5 nitrogen and oxygen atoms in total. The van der Waals surface area contributed by atoms with Crippen LogP contribution in [0.25, 0.3) is 0 Å². The Bertz CT molecular complexity index is 595. The zero-order valence-electron chi connectivity index (χ0n) is 9.10. The number of carbonyl (C=O) groups is 1. The summed E-state index contributed by atoms with van der Waals surface area (Å²) in [6, 6.07) is 1.98. The van der Waals surface area contributed by atoms with Crippen LogP contribution in [0.3, 0.4) is 0 Å². The van der Waals surface area contributed by atoms with Crippen LogP contribution in [-0.2, 0) is 6.18 Å². The minimum absolute atomic E-state index is 0.190. The summed E-state index contributed by atoms with van der Waals surface area (Å²) in [5.41, 5.74) is 0.369. The van der Waals surface area contributed by atoms with Gasteiger partial charge in [-0.3, -0.25) is 0 Å². The lowest BCUT2D eigenvalue weighted by molar-refractivity contribution is -0.141. The number of alkyl halides is 3. The highest BCUT2D eigenvalue weighted by Gasteiger charge is 2.32. The van der Waals surface area contributed by atoms with Crippen molar-refractivity contribution in [3.05, 3.63) is 35.2 Å². The third-order valence-electron chi connectivity index (χ3n) is 2.08. The molecule has 0 amide bonds. The summed E-state index contributed by atoms with van der Waals surface area (Å²) < 4.78 is 36.9. The minimum Gasteiger partial charge on any atom is -0.476 e. The number of thiazole rings is 1. The van der Waals surface area contributed by atoms with Crippen molar-refractivity contribution in [2.45, 2.75) is 6.18 Å². The Balaban J connectivity index is 2.20. The zero-order valence-corrected chi connectivity index (χ0v) is 9.92. The Labute approximate surface area is 108 Å². The fourth-order valence-electron chi connectivity index (χ4n) is 1.25. The summed E-state index contributed by atoms with van der Waals surface area (Å²) >= 11 is 1.03. The van der Waals surface area contributed by atoms with Gasteiger partial charge in [0, 0.05) is 0 Å². The molecular formula is C10H6F3N3O2S. The topological polar surface area (TPSA) is 75.1 Å². The number of aromatic nitrogens is 2. The predicted molar refractivity (Wildman–Crippen MR) is 61.6 cm³/mol. The number of carboxylic acids is 1. The van der Waals surface area contributed by atoms with Gasteiger partial charge in [0.1, 0.15) is 10.7 Å². The van der Waals surface area contributed by atoms with Gasteiger partial charge < -0.3 is 10.4 Å². The average molecular weight is 289 g/mol. The van der Waals surface area contributed by atoms with Gasteiger partial charge in [-0.1, -0.05) is 0 Å². The maximum absolute atomic E-state index is 12.3. The third kappa shape index (κ3) is 2.99. The van der Waals surface area contributed by atoms with Crippen LogP contribution in [0.2, 0.25) is 0 Å². The lowest BCUT2D eigenvalue weighted by Crippen LogP contribution is -2.07. The number of carboxylic acid groups (broad SMARTS) is 1. The summed E-state index contributed by atoms with van der Waals surface area (Å²) in [7, 11) is 0. The highest BCUT2D eigenvalue weighted by Crippen LogP contribution is 2.29. The van der Waals surface area contributed by atoms with Gasteiger partial charge in [0.15, 0.2) is 5.69 Å². The number of nitrogens with zero attached hydrogens (tertiary/aromatic N) is 2. The van der Waals surface area contributed by atoms with E-state index in [1.165, 1.54) is 11.6 Å². The molecule has 0 spiro atoms. The molecule has 0 aliphatic heterocycles. The number of aromatic carboxylic acids is 1. The number of rotatable bonds is 3. The van der Waals surface area contributed by atoms with Crippen molar-refractivity contribution in [1.82, 2.24) is 9.97 Å². The fourth-order valence-corrected chi connectivity index (χ4v) is 1.95. The van der Waals surface area contributed by atoms with Crippen molar-refractivity contribution in [2.24, 2.45) is 0 Å². The molecule has 2 heterocycles. The molecule has 0 aromatic carbocycles. The minimum atomic E-state index is -4.50. The van der Waals surface area contributed by atoms with E-state index in [9.17, 15) is 18.0 Å². The fraction of sp³-hybridized carbons (Fsp3) is 0.100. The van der Waals surface area contributed by atoms with Crippen LogP contribution in [0.4, 0.5) is 23.9 Å². The zero-order chi connectivity index (χ0) is 14.0. The van der Waals surface area contributed by atoms with E-state index in [0.717, 1.165) is 23.6 Å². The quantitative estimate of drug-likeness (QED) is 0.908. The predicted octanol–water partition coefficient (Wildman–Crippen LogP) is 3.00. The van der Waals surface area contributed by atoms with Crippen molar-refractivity contribution in [2.75, 3.05) is 5.32 Å². The Kier molecular flexibility index (Phi) is 3.38. The SMILES string of the molecule is O=C(O)c1ncsc1Nc1ccc(C(F)(F)F)nc1. The molecule has 0 saturated carbocycles. The molecule has 0 atom stereocenters. The summed E-state index contributed by atoms with van der Waals surface area (Å²) in [6.45, 7) is 0. The first-order valence-corrected chi connectivity index (χ1v) is 5.73. The van der Waals surface area contributed by atoms with Gasteiger partial charge in [0.25, 0.3) is 0 Å². The van der Waals surface area contributed by atoms with Gasteiger partial charge in [-0.15, -0.1) is 11.3 Å². The standard InChI is InChI=1S/C10H6F3N3O2S/c11-10(12,13)6-2-1-5(3-14-6)16-8-7(9(17)18)15-4-19-8/h1-4,16H,(H,17,18). The smallest absolute Gasteiger partial charge is 0.433 e. The van der Waals surface area contributed by atoms with Crippen LogP contribution in [0.15, 0.2) is 23.8 Å². The largest absolute Gasteiger partial charge is 0.476 e. The molecule has 100 valence electrons. The monoisotopic (exact) mass is 289 g/mol. The van der Waals surface area contributed by atoms with E-state index in [1.807, 2.05) is 0 Å². The van der Waals surface area contributed by atoms with Crippen LogP contribution in [0.1, 0.15) is 16.2 Å². The van der Waals surface area contributed by atoms with E-state index in [1.54, 1.807) is 0 Å². The number of pyridine rings is 1. The molecule has 2 rings (SSSR count). The lowest BCUT2D eigenvalue weighted by Gasteiger charge is -2.07. The van der Waals surface area contributed by atoms with E-state index in [-0.39, 0.29) is 16.4 Å². The van der Waals surface area contributed by atoms with Crippen LogP contribution in [0, 0.1) is 0 Å². The van der Waals surface area contributed by atoms with Crippen LogP contribution in [0.5, 0.6) is 0 Å². The Morgan fingerprint density at radius 3 is 2.58 bits per heavy atom. The molecule has 2 aromatic heterocycles. The molecule has 0 aliphatic carbocycles. The normalized spacial score (nSPS) is 11.3. The molecule has 0 saturated heterocycles. The van der Waals surface area contributed by atoms with Crippen molar-refractivity contribution < 1.29 is 23.1 Å². The molecule has 9 heteroatoms. The number of hydrogen-bond donors (Lipinski definition) is 2. The maximum Gasteiger partial charge on any atom is 0.433 e. The highest BCUT2D eigenvalue weighted by molar-refractivity contribution is 7.14. The van der Waals surface area contributed by atoms with Crippen LogP contribution in [-0.4, -0.2) is 21.0 Å². The van der Waals surface area contributed by atoms with Gasteiger partial charge >= 0.3 is 12.1 Å². The second kappa shape index (κ2) is 4.84. The number of anilines is 2. The molecular weight excluding hydrogens is 283 g/mol. The molecule has 0 aliphatic rings. The Morgan fingerprint density at radius 2 is 2.05 bits per heavy atom. The van der Waals surface area contributed by atoms with Crippen LogP contribution < -0.4 is 5.32 Å². The van der Waals surface area contributed by atoms with Gasteiger partial charge in [0.05, 0.1) is 17.4 Å². The van der Waals surface area contributed by atoms with Crippen molar-refractivity contribution in [1.29, 1.82) is 0 Å². The Morgan fingerprint density at radius 1 is 1.32 bits per heavy atom. The van der Waals surface area contributed by atoms with E-state index < -0.39 is 17.8 Å². The summed E-state index contributed by atoms with van der Waals surface area (Å²) in [6.07, 6.45) is -3.52. The van der Waals surface area contributed by atoms with Crippen molar-refractivity contribution >= 4 is 28.0 Å². The summed E-state index contributed by atoms with van der Waals surface area (Å²) in [5.74, 6) is -1.22. The van der Waals surface area contributed by atoms with Gasteiger partial charge in [-0.05, 0) is 12.1 Å². The van der Waals surface area contributed by atoms with E-state index >= 15 is 0 Å².